The van der Waals surface area contributed by atoms with Crippen molar-refractivity contribution in [2.24, 2.45) is 0 Å². The van der Waals surface area contributed by atoms with Gasteiger partial charge >= 0.3 is 6.09 Å². The van der Waals surface area contributed by atoms with Gasteiger partial charge in [0.1, 0.15) is 5.60 Å². The van der Waals surface area contributed by atoms with Gasteiger partial charge in [-0.15, -0.1) is 0 Å². The van der Waals surface area contributed by atoms with E-state index in [9.17, 15) is 13.2 Å². The molecule has 1 aromatic carbocycles. The summed E-state index contributed by atoms with van der Waals surface area (Å²) in [5.74, 6) is -0.347. The molecular weight excluding hydrogens is 450 g/mol. The van der Waals surface area contributed by atoms with Crippen LogP contribution in [0.5, 0.6) is 0 Å². The largest absolute Gasteiger partial charge is 0.444 e. The van der Waals surface area contributed by atoms with Crippen LogP contribution < -0.4 is 0 Å². The van der Waals surface area contributed by atoms with E-state index in [1.54, 1.807) is 29.2 Å². The first-order chi connectivity index (χ1) is 15.0. The van der Waals surface area contributed by atoms with Gasteiger partial charge in [-0.1, -0.05) is 41.9 Å². The number of hydrogen-bond donors (Lipinski definition) is 0. The van der Waals surface area contributed by atoms with Gasteiger partial charge in [-0.2, -0.15) is 0 Å². The molecule has 1 fully saturated rings. The van der Waals surface area contributed by atoms with Crippen molar-refractivity contribution >= 4 is 38.8 Å². The van der Waals surface area contributed by atoms with Crippen LogP contribution >= 0.6 is 11.6 Å². The Morgan fingerprint density at radius 1 is 1.22 bits per heavy atom. The van der Waals surface area contributed by atoms with Gasteiger partial charge < -0.3 is 9.64 Å². The first-order valence-electron chi connectivity index (χ1n) is 10.5. The third-order valence-electron chi connectivity index (χ3n) is 5.36. The summed E-state index contributed by atoms with van der Waals surface area (Å²) in [6.07, 6.45) is 1.73. The molecule has 32 heavy (non-hydrogen) atoms. The van der Waals surface area contributed by atoms with Crippen molar-refractivity contribution in [2.45, 2.75) is 44.5 Å². The molecule has 4 rings (SSSR count). The second-order valence-corrected chi connectivity index (χ2v) is 11.2. The summed E-state index contributed by atoms with van der Waals surface area (Å²) in [7, 11) is -3.79. The Labute approximate surface area is 193 Å². The molecule has 0 saturated carbocycles. The van der Waals surface area contributed by atoms with Crippen molar-refractivity contribution in [1.82, 2.24) is 13.9 Å². The molecule has 3 heterocycles. The molecule has 9 heteroatoms. The van der Waals surface area contributed by atoms with Gasteiger partial charge in [-0.05, 0) is 44.9 Å². The number of halogens is 1. The van der Waals surface area contributed by atoms with E-state index in [4.69, 9.17) is 16.3 Å². The van der Waals surface area contributed by atoms with Crippen LogP contribution in [0.3, 0.4) is 0 Å². The average molecular weight is 476 g/mol. The van der Waals surface area contributed by atoms with Crippen molar-refractivity contribution < 1.29 is 17.9 Å². The molecular formula is C23H26ClN3O4S. The predicted molar refractivity (Wildman–Crippen MR) is 124 cm³/mol. The van der Waals surface area contributed by atoms with Gasteiger partial charge in [0.15, 0.2) is 5.65 Å². The smallest absolute Gasteiger partial charge is 0.410 e. The van der Waals surface area contributed by atoms with E-state index in [0.29, 0.717) is 46.8 Å². The highest BCUT2D eigenvalue weighted by atomic mass is 35.5. The van der Waals surface area contributed by atoms with E-state index in [0.717, 1.165) is 0 Å². The van der Waals surface area contributed by atoms with Crippen LogP contribution in [0.2, 0.25) is 5.02 Å². The molecule has 1 unspecified atom stereocenters. The lowest BCUT2D eigenvalue weighted by atomic mass is 10.1. The molecule has 170 valence electrons. The molecule has 1 amide bonds. The Balaban J connectivity index is 1.73. The Bertz CT molecular complexity index is 1250. The minimum absolute atomic E-state index is 0.165. The second-order valence-electron chi connectivity index (χ2n) is 9.02. The molecule has 0 radical (unpaired) electrons. The predicted octanol–water partition coefficient (Wildman–Crippen LogP) is 4.79. The maximum absolute atomic E-state index is 13.5. The van der Waals surface area contributed by atoms with Gasteiger partial charge in [0.25, 0.3) is 0 Å². The number of carbonyl (C=O) groups is 1. The Morgan fingerprint density at radius 3 is 2.62 bits per heavy atom. The Kier molecular flexibility index (Phi) is 5.94. The van der Waals surface area contributed by atoms with Gasteiger partial charge in [-0.3, -0.25) is 0 Å². The van der Waals surface area contributed by atoms with Crippen LogP contribution in [0.25, 0.3) is 11.0 Å². The molecule has 0 bridgehead atoms. The summed E-state index contributed by atoms with van der Waals surface area (Å²) in [5, 5.41) is 1.02. The summed E-state index contributed by atoms with van der Waals surface area (Å²) >= 11 is 6.38. The highest BCUT2D eigenvalue weighted by Crippen LogP contribution is 2.35. The number of benzene rings is 1. The number of pyridine rings is 1. The molecule has 0 spiro atoms. The third-order valence-corrected chi connectivity index (χ3v) is 7.33. The Hall–Kier alpha value is -2.58. The van der Waals surface area contributed by atoms with Crippen LogP contribution in [-0.2, 0) is 20.5 Å². The fourth-order valence-corrected chi connectivity index (χ4v) is 5.85. The van der Waals surface area contributed by atoms with Crippen LogP contribution in [0.1, 0.15) is 44.4 Å². The van der Waals surface area contributed by atoms with Crippen molar-refractivity contribution in [3.05, 3.63) is 64.9 Å². The summed E-state index contributed by atoms with van der Waals surface area (Å²) in [6, 6.07) is 12.5. The SMILES string of the molecule is CC(C)(C)OC(=O)N1CCC(c2cc3c(Cl)ccnc3n2S(=O)(=O)Cc2ccccc2)C1. The zero-order chi connectivity index (χ0) is 23.1. The van der Waals surface area contributed by atoms with E-state index in [2.05, 4.69) is 4.98 Å². The number of ether oxygens (including phenoxy) is 1. The molecule has 1 atom stereocenters. The lowest BCUT2D eigenvalue weighted by Gasteiger charge is -2.24. The van der Waals surface area contributed by atoms with Gasteiger partial charge in [0, 0.05) is 36.3 Å². The number of nitrogens with zero attached hydrogens (tertiary/aromatic N) is 3. The van der Waals surface area contributed by atoms with Gasteiger partial charge in [-0.25, -0.2) is 22.2 Å². The fraction of sp³-hybridized carbons (Fsp3) is 0.391. The van der Waals surface area contributed by atoms with E-state index >= 15 is 0 Å². The lowest BCUT2D eigenvalue weighted by Crippen LogP contribution is -2.35. The van der Waals surface area contributed by atoms with Crippen molar-refractivity contribution in [2.75, 3.05) is 13.1 Å². The summed E-state index contributed by atoms with van der Waals surface area (Å²) in [5.41, 5.74) is 0.978. The van der Waals surface area contributed by atoms with Crippen LogP contribution in [0.15, 0.2) is 48.7 Å². The van der Waals surface area contributed by atoms with Crippen molar-refractivity contribution in [3.63, 3.8) is 0 Å². The molecule has 7 nitrogen and oxygen atoms in total. The highest BCUT2D eigenvalue weighted by molar-refractivity contribution is 7.89. The van der Waals surface area contributed by atoms with Crippen LogP contribution in [-0.4, -0.2) is 47.1 Å². The first kappa shape index (κ1) is 22.6. The quantitative estimate of drug-likeness (QED) is 0.541. The maximum Gasteiger partial charge on any atom is 0.410 e. The molecule has 1 aliphatic heterocycles. The normalized spacial score (nSPS) is 17.1. The summed E-state index contributed by atoms with van der Waals surface area (Å²) in [6.45, 7) is 6.31. The molecule has 3 aromatic rings. The minimum atomic E-state index is -3.79. The number of carbonyl (C=O) groups excluding carboxylic acids is 1. The number of likely N-dealkylation sites (tertiary alicyclic amines) is 1. The first-order valence-corrected chi connectivity index (χ1v) is 12.4. The van der Waals surface area contributed by atoms with Gasteiger partial charge in [0.2, 0.25) is 10.0 Å². The zero-order valence-electron chi connectivity index (χ0n) is 18.3. The molecule has 1 saturated heterocycles. The van der Waals surface area contributed by atoms with E-state index in [1.165, 1.54) is 10.2 Å². The number of fused-ring (bicyclic) bond motifs is 1. The third kappa shape index (κ3) is 4.61. The van der Waals surface area contributed by atoms with Crippen LogP contribution in [0.4, 0.5) is 4.79 Å². The monoisotopic (exact) mass is 475 g/mol. The average Bonchev–Trinajstić information content (AvgIpc) is 3.33. The Morgan fingerprint density at radius 2 is 1.94 bits per heavy atom. The van der Waals surface area contributed by atoms with E-state index in [-0.39, 0.29) is 11.7 Å². The molecule has 1 aliphatic rings. The number of aromatic nitrogens is 2. The highest BCUT2D eigenvalue weighted by Gasteiger charge is 2.35. The van der Waals surface area contributed by atoms with E-state index < -0.39 is 21.7 Å². The number of rotatable bonds is 4. The minimum Gasteiger partial charge on any atom is -0.444 e. The van der Waals surface area contributed by atoms with Crippen molar-refractivity contribution in [1.29, 1.82) is 0 Å². The van der Waals surface area contributed by atoms with E-state index in [1.807, 2.05) is 39.0 Å². The van der Waals surface area contributed by atoms with Crippen molar-refractivity contribution in [3.8, 4) is 0 Å². The number of hydrogen-bond acceptors (Lipinski definition) is 5. The van der Waals surface area contributed by atoms with Crippen LogP contribution in [0, 0.1) is 0 Å². The fourth-order valence-electron chi connectivity index (χ4n) is 3.98. The van der Waals surface area contributed by atoms with Gasteiger partial charge in [0.05, 0.1) is 10.8 Å². The maximum atomic E-state index is 13.5. The number of amides is 1. The summed E-state index contributed by atoms with van der Waals surface area (Å²) < 4.78 is 33.9. The lowest BCUT2D eigenvalue weighted by molar-refractivity contribution is 0.0292. The molecule has 0 aliphatic carbocycles. The second kappa shape index (κ2) is 8.41. The molecule has 0 N–H and O–H groups in total. The zero-order valence-corrected chi connectivity index (χ0v) is 19.9. The molecule has 2 aromatic heterocycles. The summed E-state index contributed by atoms with van der Waals surface area (Å²) in [4.78, 5) is 18.5. The standard InChI is InChI=1S/C23H26ClN3O4S/c1-23(2,3)31-22(28)26-12-10-17(14-26)20-13-18-19(24)9-11-25-21(18)27(20)32(29,30)15-16-7-5-4-6-8-16/h4-9,11,13,17H,10,12,14-15H2,1-3H3. The topological polar surface area (TPSA) is 81.5 Å².